The third-order valence-corrected chi connectivity index (χ3v) is 5.26. The fourth-order valence-electron chi connectivity index (χ4n) is 3.51. The number of pyridine rings is 1. The Morgan fingerprint density at radius 2 is 1.89 bits per heavy atom. The fourth-order valence-corrected chi connectivity index (χ4v) is 3.51. The molecule has 0 bridgehead atoms. The summed E-state index contributed by atoms with van der Waals surface area (Å²) in [7, 11) is 5.35. The number of nitrogens with zero attached hydrogens (tertiary/aromatic N) is 9. The van der Waals surface area contributed by atoms with Crippen LogP contribution in [0.5, 0.6) is 0 Å². The molecule has 37 heavy (non-hydrogen) atoms. The van der Waals surface area contributed by atoms with Crippen molar-refractivity contribution in [2.45, 2.75) is 0 Å². The molecule has 0 saturated carbocycles. The first-order chi connectivity index (χ1) is 18.0. The number of nitriles is 1. The second-order valence-electron chi connectivity index (χ2n) is 7.97. The maximum atomic E-state index is 11.7. The van der Waals surface area contributed by atoms with E-state index in [0.717, 1.165) is 0 Å². The van der Waals surface area contributed by atoms with E-state index in [9.17, 15) is 10.1 Å². The van der Waals surface area contributed by atoms with Gasteiger partial charge in [0.25, 0.3) is 0 Å². The number of anilines is 4. The number of imidazole rings is 1. The minimum Gasteiger partial charge on any atom is -0.371 e. The zero-order valence-corrected chi connectivity index (χ0v) is 20.1. The zero-order chi connectivity index (χ0) is 25.9. The first-order valence-electron chi connectivity index (χ1n) is 11.0. The molecule has 184 valence electrons. The van der Waals surface area contributed by atoms with Gasteiger partial charge in [-0.05, 0) is 30.3 Å². The second-order valence-corrected chi connectivity index (χ2v) is 7.97. The predicted octanol–water partition coefficient (Wildman–Crippen LogP) is 3.37. The van der Waals surface area contributed by atoms with E-state index in [1.54, 1.807) is 54.5 Å². The van der Waals surface area contributed by atoms with Gasteiger partial charge in [0.05, 0.1) is 17.2 Å². The third-order valence-electron chi connectivity index (χ3n) is 5.26. The lowest BCUT2D eigenvalue weighted by Crippen LogP contribution is -2.14. The lowest BCUT2D eigenvalue weighted by atomic mass is 10.2. The molecule has 0 aliphatic rings. The van der Waals surface area contributed by atoms with Gasteiger partial charge in [-0.3, -0.25) is 0 Å². The molecule has 4 heterocycles. The summed E-state index contributed by atoms with van der Waals surface area (Å²) < 4.78 is 1.43. The molecule has 4 aromatic heterocycles. The topological polar surface area (TPSA) is 181 Å². The molecule has 5 rings (SSSR count). The summed E-state index contributed by atoms with van der Waals surface area (Å²) in [5.74, 6) is 1.88. The van der Waals surface area contributed by atoms with Gasteiger partial charge < -0.3 is 25.5 Å². The van der Waals surface area contributed by atoms with Crippen LogP contribution < -0.4 is 21.2 Å². The van der Waals surface area contributed by atoms with E-state index < -0.39 is 0 Å². The molecule has 0 atom stereocenters. The van der Waals surface area contributed by atoms with E-state index >= 15 is 0 Å². The van der Waals surface area contributed by atoms with Crippen molar-refractivity contribution in [3.8, 4) is 11.9 Å². The molecule has 14 heteroatoms. The summed E-state index contributed by atoms with van der Waals surface area (Å²) in [6.07, 6.45) is 3.02. The molecule has 0 aliphatic heterocycles. The molecule has 4 N–H and O–H groups in total. The standard InChI is InChI=1S/C23H21N13O/c1-25-19-18(33-34-21-13(11-24)12-27-36(21)17-6-4-5-9-26-17)20(32-22(31-19)35(2)3)28-14-7-8-15-16(10-14)30-23(37)29-15/h4-10,12H,1-3H3,(H2,29,30,37)(H2,25,28,31,32)/b34-33+. The van der Waals surface area contributed by atoms with E-state index in [-0.39, 0.29) is 17.1 Å². The maximum absolute atomic E-state index is 11.7. The lowest BCUT2D eigenvalue weighted by molar-refractivity contribution is 0.839. The highest BCUT2D eigenvalue weighted by atomic mass is 16.1. The Labute approximate surface area is 209 Å². The highest BCUT2D eigenvalue weighted by Crippen LogP contribution is 2.36. The monoisotopic (exact) mass is 495 g/mol. The van der Waals surface area contributed by atoms with Crippen molar-refractivity contribution in [1.29, 1.82) is 5.26 Å². The zero-order valence-electron chi connectivity index (χ0n) is 20.1. The largest absolute Gasteiger partial charge is 0.371 e. The van der Waals surface area contributed by atoms with Crippen LogP contribution in [-0.2, 0) is 0 Å². The number of H-pyrrole nitrogens is 2. The van der Waals surface area contributed by atoms with Gasteiger partial charge >= 0.3 is 5.69 Å². The van der Waals surface area contributed by atoms with E-state index in [1.807, 2.05) is 14.1 Å². The van der Waals surface area contributed by atoms with Crippen molar-refractivity contribution in [3.05, 3.63) is 64.8 Å². The summed E-state index contributed by atoms with van der Waals surface area (Å²) in [5.41, 5.74) is 2.19. The molecule has 0 saturated heterocycles. The number of benzene rings is 1. The second kappa shape index (κ2) is 9.58. The van der Waals surface area contributed by atoms with Crippen LogP contribution >= 0.6 is 0 Å². The van der Waals surface area contributed by atoms with Crippen LogP contribution in [0, 0.1) is 11.3 Å². The maximum Gasteiger partial charge on any atom is 0.323 e. The summed E-state index contributed by atoms with van der Waals surface area (Å²) in [4.78, 5) is 32.3. The van der Waals surface area contributed by atoms with E-state index in [0.29, 0.717) is 45.8 Å². The lowest BCUT2D eigenvalue weighted by Gasteiger charge is -2.16. The van der Waals surface area contributed by atoms with Crippen molar-refractivity contribution < 1.29 is 0 Å². The number of fused-ring (bicyclic) bond motifs is 1. The highest BCUT2D eigenvalue weighted by Gasteiger charge is 2.18. The van der Waals surface area contributed by atoms with Crippen molar-refractivity contribution in [1.82, 2.24) is 34.7 Å². The van der Waals surface area contributed by atoms with Crippen LogP contribution in [0.1, 0.15) is 5.56 Å². The molecule has 5 aromatic rings. The van der Waals surface area contributed by atoms with Gasteiger partial charge in [0, 0.05) is 33.0 Å². The van der Waals surface area contributed by atoms with Crippen LogP contribution in [0.4, 0.5) is 34.8 Å². The Hall–Kier alpha value is -5.58. The molecular weight excluding hydrogens is 474 g/mol. The molecule has 0 amide bonds. The summed E-state index contributed by atoms with van der Waals surface area (Å²) in [6, 6.07) is 12.8. The van der Waals surface area contributed by atoms with Crippen molar-refractivity contribution in [2.24, 2.45) is 10.2 Å². The van der Waals surface area contributed by atoms with E-state index in [1.165, 1.54) is 10.9 Å². The SMILES string of the molecule is CNc1nc(N(C)C)nc(Nc2ccc3[nH]c(=O)[nH]c3c2)c1/N=N/c1c(C#N)cnn1-c1ccccn1. The van der Waals surface area contributed by atoms with Gasteiger partial charge in [0.1, 0.15) is 11.6 Å². The van der Waals surface area contributed by atoms with E-state index in [2.05, 4.69) is 56.9 Å². The van der Waals surface area contributed by atoms with E-state index in [4.69, 9.17) is 0 Å². The molecule has 0 aliphatic carbocycles. The summed E-state index contributed by atoms with van der Waals surface area (Å²) in [6.45, 7) is 0. The Balaban J connectivity index is 1.62. The van der Waals surface area contributed by atoms with Crippen LogP contribution in [0.15, 0.2) is 63.8 Å². The smallest absolute Gasteiger partial charge is 0.323 e. The van der Waals surface area contributed by atoms with Gasteiger partial charge in [-0.2, -0.15) is 25.0 Å². The first kappa shape index (κ1) is 23.2. The number of nitrogens with one attached hydrogen (secondary N) is 4. The van der Waals surface area contributed by atoms with Crippen molar-refractivity contribution in [2.75, 3.05) is 36.7 Å². The van der Waals surface area contributed by atoms with Crippen LogP contribution in [0.25, 0.3) is 16.9 Å². The highest BCUT2D eigenvalue weighted by molar-refractivity contribution is 5.83. The number of rotatable bonds is 7. The van der Waals surface area contributed by atoms with Crippen molar-refractivity contribution >= 4 is 45.8 Å². The Morgan fingerprint density at radius 3 is 2.62 bits per heavy atom. The number of azo groups is 1. The number of aromatic nitrogens is 7. The Bertz CT molecular complexity index is 1710. The molecule has 0 radical (unpaired) electrons. The van der Waals surface area contributed by atoms with Crippen molar-refractivity contribution in [3.63, 3.8) is 0 Å². The fraction of sp³-hybridized carbons (Fsp3) is 0.130. The molecular formula is C23H21N13O. The first-order valence-corrected chi connectivity index (χ1v) is 11.0. The minimum atomic E-state index is -0.297. The summed E-state index contributed by atoms with van der Waals surface area (Å²) >= 11 is 0. The van der Waals surface area contributed by atoms with Gasteiger partial charge in [0.15, 0.2) is 29.0 Å². The number of hydrogen-bond donors (Lipinski definition) is 4. The minimum absolute atomic E-state index is 0.206. The average Bonchev–Trinajstić information content (AvgIpc) is 3.49. The predicted molar refractivity (Wildman–Crippen MR) is 138 cm³/mol. The van der Waals surface area contributed by atoms with Crippen LogP contribution in [-0.4, -0.2) is 55.8 Å². The summed E-state index contributed by atoms with van der Waals surface area (Å²) in [5, 5.41) is 28.9. The van der Waals surface area contributed by atoms with Gasteiger partial charge in [0.2, 0.25) is 5.95 Å². The quantitative estimate of drug-likeness (QED) is 0.246. The van der Waals surface area contributed by atoms with Gasteiger partial charge in [-0.25, -0.2) is 9.78 Å². The molecule has 0 fully saturated rings. The Morgan fingerprint density at radius 1 is 1.08 bits per heavy atom. The van der Waals surface area contributed by atoms with Gasteiger partial charge in [-0.1, -0.05) is 6.07 Å². The van der Waals surface area contributed by atoms with Gasteiger partial charge in [-0.15, -0.1) is 10.2 Å². The average molecular weight is 496 g/mol. The Kier molecular flexibility index (Phi) is 6.00. The number of hydrogen-bond acceptors (Lipinski definition) is 11. The van der Waals surface area contributed by atoms with Crippen LogP contribution in [0.2, 0.25) is 0 Å². The number of aromatic amines is 2. The normalized spacial score (nSPS) is 11.1. The molecule has 14 nitrogen and oxygen atoms in total. The third kappa shape index (κ3) is 4.56. The molecule has 0 spiro atoms. The molecule has 1 aromatic carbocycles. The molecule has 0 unspecified atom stereocenters. The van der Waals surface area contributed by atoms with Crippen LogP contribution in [0.3, 0.4) is 0 Å².